The Morgan fingerprint density at radius 2 is 1.88 bits per heavy atom. The number of phosphoric acid groups is 2. The first-order valence-electron chi connectivity index (χ1n) is 8.64. The minimum absolute atomic E-state index is 0.591. The van der Waals surface area contributed by atoms with Gasteiger partial charge in [0.2, 0.25) is 5.79 Å². The van der Waals surface area contributed by atoms with E-state index in [1.165, 1.54) is 13.8 Å². The number of aromatic nitrogens is 2. The summed E-state index contributed by atoms with van der Waals surface area (Å²) in [6, 6.07) is 0.874. The van der Waals surface area contributed by atoms with Crippen LogP contribution in [0.3, 0.4) is 0 Å². The molecule has 190 valence electrons. The van der Waals surface area contributed by atoms with Crippen molar-refractivity contribution in [1.82, 2.24) is 9.55 Å². The Morgan fingerprint density at radius 1 is 1.27 bits per heavy atom. The van der Waals surface area contributed by atoms with Crippen LogP contribution in [0.4, 0.5) is 4.39 Å². The second-order valence-corrected chi connectivity index (χ2v) is 12.6. The molecule has 1 aliphatic rings. The van der Waals surface area contributed by atoms with Crippen LogP contribution in [0.15, 0.2) is 21.9 Å². The summed E-state index contributed by atoms with van der Waals surface area (Å²) >= 11 is 3.37. The van der Waals surface area contributed by atoms with Gasteiger partial charge in [0, 0.05) is 12.3 Å². The topological polar surface area (TPSA) is 233 Å². The van der Waals surface area contributed by atoms with E-state index in [9.17, 15) is 37.7 Å². The SMILES string of the molecule is CC(C)O[C@]1(COP(=O)(S)OP(=O)(O)OP(=O)(O)O)O[C@@H](n2ccc(=O)[nH]c2=O)[C@H](F)[C@@H]1O. The number of thiol groups is 1. The maximum absolute atomic E-state index is 14.9. The van der Waals surface area contributed by atoms with Crippen molar-refractivity contribution in [3.8, 4) is 0 Å². The highest BCUT2D eigenvalue weighted by molar-refractivity contribution is 8.45. The van der Waals surface area contributed by atoms with Crippen LogP contribution in [0.25, 0.3) is 0 Å². The van der Waals surface area contributed by atoms with Crippen molar-refractivity contribution in [3.63, 3.8) is 0 Å². The van der Waals surface area contributed by atoms with E-state index in [0.717, 1.165) is 12.3 Å². The van der Waals surface area contributed by atoms with Crippen LogP contribution in [0.2, 0.25) is 0 Å². The number of aliphatic hydroxyl groups excluding tert-OH is 1. The number of nitrogens with one attached hydrogen (secondary N) is 1. The fourth-order valence-corrected chi connectivity index (χ4v) is 6.74. The highest BCUT2D eigenvalue weighted by Gasteiger charge is 2.59. The normalized spacial score (nSPS) is 29.7. The third kappa shape index (κ3) is 7.64. The van der Waals surface area contributed by atoms with E-state index in [0.29, 0.717) is 4.57 Å². The minimum Gasteiger partial charge on any atom is -0.384 e. The zero-order valence-electron chi connectivity index (χ0n) is 16.7. The molecule has 1 fully saturated rings. The number of aromatic amines is 1. The second-order valence-electron chi connectivity index (χ2n) is 6.76. The third-order valence-electron chi connectivity index (χ3n) is 3.75. The fraction of sp³-hybridized carbons (Fsp3) is 0.667. The van der Waals surface area contributed by atoms with Crippen molar-refractivity contribution in [2.24, 2.45) is 0 Å². The van der Waals surface area contributed by atoms with Crippen molar-refractivity contribution >= 4 is 34.7 Å². The van der Waals surface area contributed by atoms with E-state index in [2.05, 4.69) is 20.9 Å². The van der Waals surface area contributed by atoms with Gasteiger partial charge in [-0.1, -0.05) is 12.2 Å². The van der Waals surface area contributed by atoms with Gasteiger partial charge in [0.15, 0.2) is 12.4 Å². The molecule has 0 aromatic carbocycles. The summed E-state index contributed by atoms with van der Waals surface area (Å²) in [4.78, 5) is 51.6. The van der Waals surface area contributed by atoms with Gasteiger partial charge < -0.3 is 29.3 Å². The Kier molecular flexibility index (Phi) is 8.74. The summed E-state index contributed by atoms with van der Waals surface area (Å²) in [5.41, 5.74) is -1.89. The van der Waals surface area contributed by atoms with Crippen LogP contribution in [0.1, 0.15) is 20.1 Å². The van der Waals surface area contributed by atoms with Crippen LogP contribution in [0, 0.1) is 0 Å². The van der Waals surface area contributed by atoms with Crippen molar-refractivity contribution in [1.29, 1.82) is 0 Å². The van der Waals surface area contributed by atoms with E-state index in [4.69, 9.17) is 23.8 Å². The molecule has 1 aliphatic heterocycles. The van der Waals surface area contributed by atoms with E-state index in [-0.39, 0.29) is 0 Å². The molecule has 0 bridgehead atoms. The summed E-state index contributed by atoms with van der Waals surface area (Å²) in [7, 11) is -11.2. The van der Waals surface area contributed by atoms with Crippen molar-refractivity contribution in [3.05, 3.63) is 33.1 Å². The third-order valence-corrected chi connectivity index (χ3v) is 8.54. The number of rotatable bonds is 10. The molecule has 0 amide bonds. The average Bonchev–Trinajstić information content (AvgIpc) is 2.82. The maximum atomic E-state index is 14.9. The number of ether oxygens (including phenoxy) is 2. The van der Waals surface area contributed by atoms with E-state index >= 15 is 0 Å². The predicted octanol–water partition coefficient (Wildman–Crippen LogP) is 0.166. The quantitative estimate of drug-likeness (QED) is 0.165. The predicted molar refractivity (Wildman–Crippen MR) is 108 cm³/mol. The van der Waals surface area contributed by atoms with Gasteiger partial charge in [-0.25, -0.2) is 22.9 Å². The number of aliphatic hydroxyl groups is 1. The molecule has 2 rings (SSSR count). The van der Waals surface area contributed by atoms with Gasteiger partial charge in [0.1, 0.15) is 12.7 Å². The molecule has 6 atom stereocenters. The molecule has 2 unspecified atom stereocenters. The molecule has 0 saturated carbocycles. The summed E-state index contributed by atoms with van der Waals surface area (Å²) in [5, 5.41) is 10.4. The summed E-state index contributed by atoms with van der Waals surface area (Å²) in [6.07, 6.45) is -6.36. The molecule has 16 nitrogen and oxygen atoms in total. The molecule has 1 saturated heterocycles. The Morgan fingerprint density at radius 3 is 2.39 bits per heavy atom. The molecule has 21 heteroatoms. The van der Waals surface area contributed by atoms with Crippen LogP contribution in [0.5, 0.6) is 0 Å². The van der Waals surface area contributed by atoms with Crippen LogP contribution >= 0.6 is 34.7 Å². The zero-order chi connectivity index (χ0) is 25.4. The number of hydrogen-bond acceptors (Lipinski definition) is 11. The van der Waals surface area contributed by atoms with Gasteiger partial charge >= 0.3 is 28.1 Å². The lowest BCUT2D eigenvalue weighted by molar-refractivity contribution is -0.291. The molecule has 1 aromatic rings. The van der Waals surface area contributed by atoms with Gasteiger partial charge in [0.05, 0.1) is 6.10 Å². The van der Waals surface area contributed by atoms with Crippen LogP contribution in [-0.4, -0.2) is 60.1 Å². The lowest BCUT2D eigenvalue weighted by Gasteiger charge is -2.33. The largest absolute Gasteiger partial charge is 0.488 e. The van der Waals surface area contributed by atoms with E-state index in [1.54, 1.807) is 0 Å². The maximum Gasteiger partial charge on any atom is 0.488 e. The monoisotopic (exact) mass is 560 g/mol. The van der Waals surface area contributed by atoms with Crippen molar-refractivity contribution in [2.75, 3.05) is 6.61 Å². The summed E-state index contributed by atoms with van der Waals surface area (Å²) < 4.78 is 73.1. The standard InChI is InChI=1S/C12H20FN2O14P3S/c1-6(2)26-12(5-25-32(24,33)29-31(22,23)28-30(19,20)21)9(17)8(13)10(27-12)15-4-3-7(16)14-11(15)18/h3-4,6,8-10,17H,5H2,1-2H3,(H,22,23)(H,24,33)(H,14,16,18)(H2,19,20,21)/t8-,9+,10-,12-,32?/m1/s1. The second kappa shape index (κ2) is 10.1. The van der Waals surface area contributed by atoms with Gasteiger partial charge in [-0.3, -0.25) is 18.9 Å². The number of H-pyrrole nitrogens is 1. The number of hydrogen-bond donors (Lipinski definition) is 6. The van der Waals surface area contributed by atoms with Gasteiger partial charge in [-0.05, 0) is 13.8 Å². The summed E-state index contributed by atoms with van der Waals surface area (Å²) in [5.74, 6) is -2.49. The molecule has 0 radical (unpaired) electrons. The lowest BCUT2D eigenvalue weighted by Crippen LogP contribution is -2.49. The van der Waals surface area contributed by atoms with Crippen LogP contribution in [-0.2, 0) is 36.3 Å². The van der Waals surface area contributed by atoms with E-state index in [1.807, 2.05) is 4.98 Å². The minimum atomic E-state index is -5.67. The molecule has 33 heavy (non-hydrogen) atoms. The zero-order valence-corrected chi connectivity index (χ0v) is 20.2. The highest BCUT2D eigenvalue weighted by atomic mass is 32.7. The Bertz CT molecular complexity index is 1120. The highest BCUT2D eigenvalue weighted by Crippen LogP contribution is 2.70. The fourth-order valence-electron chi connectivity index (χ4n) is 2.70. The number of alkyl halides is 1. The first-order chi connectivity index (χ1) is 14.9. The van der Waals surface area contributed by atoms with Gasteiger partial charge in [0.25, 0.3) is 5.56 Å². The molecule has 0 aliphatic carbocycles. The van der Waals surface area contributed by atoms with E-state index < -0.39 is 70.7 Å². The van der Waals surface area contributed by atoms with Gasteiger partial charge in [-0.2, -0.15) is 8.62 Å². The Balaban J connectivity index is 2.30. The average molecular weight is 560 g/mol. The lowest BCUT2D eigenvalue weighted by atomic mass is 10.1. The van der Waals surface area contributed by atoms with Crippen LogP contribution < -0.4 is 11.2 Å². The molecule has 1 aromatic heterocycles. The first-order valence-corrected chi connectivity index (χ1v) is 14.4. The van der Waals surface area contributed by atoms with Crippen molar-refractivity contribution < 1.29 is 60.5 Å². The summed E-state index contributed by atoms with van der Waals surface area (Å²) in [6.45, 7) is -3.32. The molecule has 5 N–H and O–H groups in total. The molecular weight excluding hydrogens is 540 g/mol. The van der Waals surface area contributed by atoms with Crippen molar-refractivity contribution in [2.45, 2.75) is 44.2 Å². The molecule has 2 heterocycles. The van der Waals surface area contributed by atoms with Gasteiger partial charge in [-0.15, -0.1) is 0 Å². The Labute approximate surface area is 189 Å². The Hall–Kier alpha value is -0.710. The molecule has 0 spiro atoms. The number of halogens is 1. The number of nitrogens with zero attached hydrogens (tertiary/aromatic N) is 1. The first kappa shape index (κ1) is 28.5. The smallest absolute Gasteiger partial charge is 0.384 e. The molecular formula is C12H20FN2O14P3S.